The molecule has 0 N–H and O–H groups in total. The molecule has 0 radical (unpaired) electrons. The summed E-state index contributed by atoms with van der Waals surface area (Å²) in [6.07, 6.45) is -0.153. The van der Waals surface area contributed by atoms with Gasteiger partial charge in [-0.15, -0.1) is 0 Å². The van der Waals surface area contributed by atoms with Gasteiger partial charge in [-0.2, -0.15) is 0 Å². The van der Waals surface area contributed by atoms with Crippen LogP contribution in [0.25, 0.3) is 0 Å². The molecule has 4 nitrogen and oxygen atoms in total. The maximum atomic E-state index is 11.4. The number of hydrogen-bond donors (Lipinski definition) is 0. The van der Waals surface area contributed by atoms with E-state index >= 15 is 0 Å². The molecular formula is C13H14O4. The molecule has 17 heavy (non-hydrogen) atoms. The van der Waals surface area contributed by atoms with Crippen LogP contribution in [-0.4, -0.2) is 19.0 Å². The molecule has 0 bridgehead atoms. The Morgan fingerprint density at radius 1 is 1.24 bits per heavy atom. The molecule has 0 amide bonds. The number of esters is 2. The van der Waals surface area contributed by atoms with Gasteiger partial charge in [0.2, 0.25) is 0 Å². The Kier molecular flexibility index (Phi) is 4.94. The molecule has 0 fully saturated rings. The molecule has 0 spiro atoms. The van der Waals surface area contributed by atoms with E-state index in [0.29, 0.717) is 0 Å². The predicted molar refractivity (Wildman–Crippen MR) is 62.0 cm³/mol. The molecule has 0 heterocycles. The molecule has 0 atom stereocenters. The number of hydrogen-bond acceptors (Lipinski definition) is 4. The van der Waals surface area contributed by atoms with E-state index in [9.17, 15) is 9.59 Å². The van der Waals surface area contributed by atoms with Crippen molar-refractivity contribution >= 4 is 11.9 Å². The van der Waals surface area contributed by atoms with Crippen LogP contribution in [0.4, 0.5) is 0 Å². The van der Waals surface area contributed by atoms with Gasteiger partial charge in [-0.1, -0.05) is 36.9 Å². The smallest absolute Gasteiger partial charge is 0.333 e. The summed E-state index contributed by atoms with van der Waals surface area (Å²) in [5.41, 5.74) is 0.982. The molecule has 0 aliphatic carbocycles. The minimum atomic E-state index is -0.596. The average Bonchev–Trinajstić information content (AvgIpc) is 2.36. The molecule has 1 rings (SSSR count). The number of ether oxygens (including phenoxy) is 2. The van der Waals surface area contributed by atoms with Crippen LogP contribution in [0.2, 0.25) is 0 Å². The van der Waals surface area contributed by atoms with Crippen molar-refractivity contribution in [3.05, 3.63) is 48.0 Å². The first kappa shape index (κ1) is 13.0. The summed E-state index contributed by atoms with van der Waals surface area (Å²) in [6.45, 7) is 3.63. The summed E-state index contributed by atoms with van der Waals surface area (Å²) in [5.74, 6) is -1.09. The zero-order valence-electron chi connectivity index (χ0n) is 9.64. The minimum absolute atomic E-state index is 0.0885. The van der Waals surface area contributed by atoms with E-state index in [1.54, 1.807) is 0 Å². The van der Waals surface area contributed by atoms with Crippen LogP contribution in [0.3, 0.4) is 0 Å². The summed E-state index contributed by atoms with van der Waals surface area (Å²) in [4.78, 5) is 22.3. The van der Waals surface area contributed by atoms with Crippen molar-refractivity contribution in [1.29, 1.82) is 0 Å². The van der Waals surface area contributed by atoms with Crippen LogP contribution in [0.1, 0.15) is 12.0 Å². The van der Waals surface area contributed by atoms with Gasteiger partial charge in [0.05, 0.1) is 13.5 Å². The van der Waals surface area contributed by atoms with Gasteiger partial charge in [-0.05, 0) is 5.56 Å². The molecule has 0 aliphatic heterocycles. The van der Waals surface area contributed by atoms with Crippen LogP contribution in [0.5, 0.6) is 0 Å². The first-order chi connectivity index (χ1) is 8.13. The summed E-state index contributed by atoms with van der Waals surface area (Å²) in [6, 6.07) is 9.29. The summed E-state index contributed by atoms with van der Waals surface area (Å²) in [7, 11) is 1.24. The number of benzene rings is 1. The van der Waals surface area contributed by atoms with Crippen molar-refractivity contribution in [3.63, 3.8) is 0 Å². The van der Waals surface area contributed by atoms with Gasteiger partial charge in [0.15, 0.2) is 0 Å². The van der Waals surface area contributed by atoms with Crippen LogP contribution in [0.15, 0.2) is 42.5 Å². The SMILES string of the molecule is C=C(CC(=O)OCc1ccccc1)C(=O)OC. The van der Waals surface area contributed by atoms with Gasteiger partial charge < -0.3 is 9.47 Å². The van der Waals surface area contributed by atoms with E-state index in [2.05, 4.69) is 11.3 Å². The van der Waals surface area contributed by atoms with E-state index in [4.69, 9.17) is 4.74 Å². The maximum Gasteiger partial charge on any atom is 0.333 e. The van der Waals surface area contributed by atoms with Gasteiger partial charge in [0.25, 0.3) is 0 Å². The highest BCUT2D eigenvalue weighted by Gasteiger charge is 2.12. The zero-order chi connectivity index (χ0) is 12.7. The Bertz CT molecular complexity index is 409. The van der Waals surface area contributed by atoms with Crippen molar-refractivity contribution in [2.45, 2.75) is 13.0 Å². The lowest BCUT2D eigenvalue weighted by Gasteiger charge is -2.05. The summed E-state index contributed by atoms with van der Waals surface area (Å²) in [5, 5.41) is 0. The fourth-order valence-corrected chi connectivity index (χ4v) is 1.18. The standard InChI is InChI=1S/C13H14O4/c1-10(13(15)16-2)8-12(14)17-9-11-6-4-3-5-7-11/h3-7H,1,8-9H2,2H3. The fraction of sp³-hybridized carbons (Fsp3) is 0.231. The van der Waals surface area contributed by atoms with Gasteiger partial charge in [0, 0.05) is 5.57 Å². The van der Waals surface area contributed by atoms with Crippen LogP contribution < -0.4 is 0 Å². The third-order valence-electron chi connectivity index (χ3n) is 2.07. The van der Waals surface area contributed by atoms with Crippen LogP contribution in [0, 0.1) is 0 Å². The summed E-state index contributed by atoms with van der Waals surface area (Å²) < 4.78 is 9.42. The predicted octanol–water partition coefficient (Wildman–Crippen LogP) is 1.85. The second kappa shape index (κ2) is 6.48. The molecule has 1 aromatic carbocycles. The highest BCUT2D eigenvalue weighted by Crippen LogP contribution is 2.05. The molecule has 0 aromatic heterocycles. The second-order valence-corrected chi connectivity index (χ2v) is 3.42. The Labute approximate surface area is 99.8 Å². The Morgan fingerprint density at radius 3 is 2.47 bits per heavy atom. The first-order valence-corrected chi connectivity index (χ1v) is 5.09. The van der Waals surface area contributed by atoms with Gasteiger partial charge >= 0.3 is 11.9 Å². The average molecular weight is 234 g/mol. The lowest BCUT2D eigenvalue weighted by molar-refractivity contribution is -0.146. The zero-order valence-corrected chi connectivity index (χ0v) is 9.64. The van der Waals surface area contributed by atoms with Gasteiger partial charge in [-0.25, -0.2) is 4.79 Å². The largest absolute Gasteiger partial charge is 0.466 e. The topological polar surface area (TPSA) is 52.6 Å². The first-order valence-electron chi connectivity index (χ1n) is 5.09. The molecular weight excluding hydrogens is 220 g/mol. The van der Waals surface area contributed by atoms with Crippen LogP contribution >= 0.6 is 0 Å². The maximum absolute atomic E-state index is 11.4. The van der Waals surface area contributed by atoms with Crippen molar-refractivity contribution in [2.24, 2.45) is 0 Å². The van der Waals surface area contributed by atoms with E-state index in [1.165, 1.54) is 7.11 Å². The summed E-state index contributed by atoms with van der Waals surface area (Å²) >= 11 is 0. The van der Waals surface area contributed by atoms with E-state index in [-0.39, 0.29) is 18.6 Å². The highest BCUT2D eigenvalue weighted by molar-refractivity contribution is 5.93. The third-order valence-corrected chi connectivity index (χ3v) is 2.07. The Hall–Kier alpha value is -2.10. The van der Waals surface area contributed by atoms with E-state index < -0.39 is 11.9 Å². The molecule has 0 saturated carbocycles. The molecule has 0 saturated heterocycles. The van der Waals surface area contributed by atoms with Crippen molar-refractivity contribution in [2.75, 3.05) is 7.11 Å². The second-order valence-electron chi connectivity index (χ2n) is 3.42. The van der Waals surface area contributed by atoms with Crippen LogP contribution in [-0.2, 0) is 25.7 Å². The van der Waals surface area contributed by atoms with E-state index in [1.807, 2.05) is 30.3 Å². The lowest BCUT2D eigenvalue weighted by atomic mass is 10.2. The van der Waals surface area contributed by atoms with E-state index in [0.717, 1.165) is 5.56 Å². The minimum Gasteiger partial charge on any atom is -0.466 e. The normalized spacial score (nSPS) is 9.47. The molecule has 0 unspecified atom stereocenters. The van der Waals surface area contributed by atoms with Crippen molar-refractivity contribution in [3.8, 4) is 0 Å². The number of methoxy groups -OCH3 is 1. The molecule has 0 aliphatic rings. The van der Waals surface area contributed by atoms with Crippen molar-refractivity contribution < 1.29 is 19.1 Å². The molecule has 90 valence electrons. The van der Waals surface area contributed by atoms with Gasteiger partial charge in [0.1, 0.15) is 6.61 Å². The van der Waals surface area contributed by atoms with Crippen molar-refractivity contribution in [1.82, 2.24) is 0 Å². The molecule has 1 aromatic rings. The Morgan fingerprint density at radius 2 is 1.88 bits per heavy atom. The monoisotopic (exact) mass is 234 g/mol. The number of carbonyl (C=O) groups is 2. The number of carbonyl (C=O) groups excluding carboxylic acids is 2. The van der Waals surface area contributed by atoms with Gasteiger partial charge in [-0.3, -0.25) is 4.79 Å². The highest BCUT2D eigenvalue weighted by atomic mass is 16.5. The lowest BCUT2D eigenvalue weighted by Crippen LogP contribution is -2.11. The molecule has 4 heteroatoms. The third kappa shape index (κ3) is 4.51. The number of rotatable bonds is 5. The quantitative estimate of drug-likeness (QED) is 0.576. The fourth-order valence-electron chi connectivity index (χ4n) is 1.18. The Balaban J connectivity index is 2.36.